The summed E-state index contributed by atoms with van der Waals surface area (Å²) in [5.41, 5.74) is 1.32. The third kappa shape index (κ3) is 4.72. The van der Waals surface area contributed by atoms with Crippen molar-refractivity contribution >= 4 is 28.8 Å². The van der Waals surface area contributed by atoms with Crippen LogP contribution < -0.4 is 9.64 Å². The molecular weight excluding hydrogens is 486 g/mol. The molecule has 1 N–H and O–H groups in total. The van der Waals surface area contributed by atoms with Gasteiger partial charge >= 0.3 is 0 Å². The van der Waals surface area contributed by atoms with Crippen molar-refractivity contribution in [3.8, 4) is 5.75 Å². The highest BCUT2D eigenvalue weighted by molar-refractivity contribution is 6.51. The molecule has 1 aliphatic rings. The number of anilines is 1. The lowest BCUT2D eigenvalue weighted by atomic mass is 9.98. The van der Waals surface area contributed by atoms with Gasteiger partial charge in [0.15, 0.2) is 0 Å². The minimum atomic E-state index is -1.05. The van der Waals surface area contributed by atoms with E-state index >= 15 is 0 Å². The number of nitro benzene ring substituents is 1. The average molecular weight is 508 g/mol. The van der Waals surface area contributed by atoms with E-state index in [-0.39, 0.29) is 16.8 Å². The molecule has 1 atom stereocenters. The Morgan fingerprint density at radius 2 is 1.68 bits per heavy atom. The number of aromatic nitrogens is 1. The van der Waals surface area contributed by atoms with Gasteiger partial charge in [-0.05, 0) is 42.0 Å². The third-order valence-corrected chi connectivity index (χ3v) is 6.11. The monoisotopic (exact) mass is 507 g/mol. The summed E-state index contributed by atoms with van der Waals surface area (Å²) in [5.74, 6) is -1.73. The van der Waals surface area contributed by atoms with Gasteiger partial charge in [-0.2, -0.15) is 0 Å². The number of amides is 1. The number of aliphatic hydroxyl groups excluding tert-OH is 1. The van der Waals surface area contributed by atoms with Gasteiger partial charge in [0.2, 0.25) is 0 Å². The first kappa shape index (κ1) is 24.4. The number of carbonyl (C=O) groups is 2. The van der Waals surface area contributed by atoms with Crippen LogP contribution in [0.3, 0.4) is 0 Å². The fourth-order valence-corrected chi connectivity index (χ4v) is 4.28. The second kappa shape index (κ2) is 10.4. The lowest BCUT2D eigenvalue weighted by molar-refractivity contribution is -0.384. The van der Waals surface area contributed by atoms with Crippen LogP contribution in [-0.2, 0) is 16.2 Å². The van der Waals surface area contributed by atoms with Crippen LogP contribution in [0.15, 0.2) is 109 Å². The van der Waals surface area contributed by atoms with E-state index in [1.54, 1.807) is 42.5 Å². The molecule has 0 saturated carbocycles. The SMILES string of the molecule is O=C1C(=O)N(c2ccc(OCc3ccccc3)cc2)C(c2ccccn2)/C1=C(/O)c1cccc([N+](=O)[O-])c1. The van der Waals surface area contributed by atoms with Crippen molar-refractivity contribution in [1.82, 2.24) is 4.98 Å². The van der Waals surface area contributed by atoms with E-state index in [9.17, 15) is 24.8 Å². The Hall–Kier alpha value is -5.31. The Kier molecular flexibility index (Phi) is 6.65. The fraction of sp³-hybridized carbons (Fsp3) is 0.0690. The first-order valence-corrected chi connectivity index (χ1v) is 11.7. The molecule has 1 aromatic heterocycles. The van der Waals surface area contributed by atoms with Gasteiger partial charge in [-0.15, -0.1) is 0 Å². The number of hydrogen-bond acceptors (Lipinski definition) is 7. The highest BCUT2D eigenvalue weighted by Crippen LogP contribution is 2.42. The molecule has 9 heteroatoms. The number of pyridine rings is 1. The van der Waals surface area contributed by atoms with Gasteiger partial charge in [0.25, 0.3) is 17.4 Å². The number of carbonyl (C=O) groups excluding carboxylic acids is 2. The summed E-state index contributed by atoms with van der Waals surface area (Å²) in [6.45, 7) is 0.363. The summed E-state index contributed by atoms with van der Waals surface area (Å²) in [5, 5.41) is 22.4. The lowest BCUT2D eigenvalue weighted by Gasteiger charge is -2.24. The van der Waals surface area contributed by atoms with E-state index in [0.717, 1.165) is 11.6 Å². The van der Waals surface area contributed by atoms with Crippen LogP contribution in [0.4, 0.5) is 11.4 Å². The molecule has 0 aliphatic carbocycles. The van der Waals surface area contributed by atoms with Crippen LogP contribution in [-0.4, -0.2) is 26.7 Å². The number of hydrogen-bond donors (Lipinski definition) is 1. The molecule has 9 nitrogen and oxygen atoms in total. The number of benzene rings is 3. The highest BCUT2D eigenvalue weighted by Gasteiger charge is 2.47. The second-order valence-electron chi connectivity index (χ2n) is 8.50. The topological polar surface area (TPSA) is 123 Å². The Labute approximate surface area is 217 Å². The second-order valence-corrected chi connectivity index (χ2v) is 8.50. The van der Waals surface area contributed by atoms with E-state index in [1.165, 1.54) is 29.3 Å². The van der Waals surface area contributed by atoms with Crippen molar-refractivity contribution in [3.63, 3.8) is 0 Å². The molecule has 4 aromatic rings. The van der Waals surface area contributed by atoms with Gasteiger partial charge in [0.05, 0.1) is 16.2 Å². The molecule has 0 spiro atoms. The molecule has 0 bridgehead atoms. The normalized spacial score (nSPS) is 16.4. The summed E-state index contributed by atoms with van der Waals surface area (Å²) in [4.78, 5) is 42.7. The summed E-state index contributed by atoms with van der Waals surface area (Å²) in [6.07, 6.45) is 1.52. The predicted molar refractivity (Wildman–Crippen MR) is 139 cm³/mol. The van der Waals surface area contributed by atoms with Crippen LogP contribution >= 0.6 is 0 Å². The van der Waals surface area contributed by atoms with Crippen LogP contribution in [0.1, 0.15) is 22.9 Å². The van der Waals surface area contributed by atoms with Crippen molar-refractivity contribution in [2.24, 2.45) is 0 Å². The summed E-state index contributed by atoms with van der Waals surface area (Å²) < 4.78 is 5.83. The molecule has 1 unspecified atom stereocenters. The Morgan fingerprint density at radius 3 is 2.37 bits per heavy atom. The number of aliphatic hydroxyl groups is 1. The standard InChI is InChI=1S/C29H21N3O6/c33-27(20-9-6-10-22(17-20)32(36)37)25-26(24-11-4-5-16-30-24)31(29(35)28(25)34)21-12-14-23(15-13-21)38-18-19-7-2-1-3-8-19/h1-17,26,33H,18H2/b27-25-. The van der Waals surface area contributed by atoms with E-state index in [2.05, 4.69) is 4.98 Å². The van der Waals surface area contributed by atoms with Crippen molar-refractivity contribution in [3.05, 3.63) is 136 Å². The van der Waals surface area contributed by atoms with Gasteiger partial charge in [0, 0.05) is 29.6 Å². The number of nitrogens with zero attached hydrogens (tertiary/aromatic N) is 3. The van der Waals surface area contributed by atoms with Gasteiger partial charge in [0.1, 0.15) is 24.2 Å². The maximum absolute atomic E-state index is 13.3. The molecule has 1 amide bonds. The molecule has 38 heavy (non-hydrogen) atoms. The number of nitro groups is 1. The molecule has 3 aromatic carbocycles. The van der Waals surface area contributed by atoms with Gasteiger partial charge in [-0.25, -0.2) is 0 Å². The first-order chi connectivity index (χ1) is 18.4. The average Bonchev–Trinajstić information content (AvgIpc) is 3.23. The van der Waals surface area contributed by atoms with E-state index < -0.39 is 28.4 Å². The minimum Gasteiger partial charge on any atom is -0.507 e. The van der Waals surface area contributed by atoms with Crippen molar-refractivity contribution in [1.29, 1.82) is 0 Å². The third-order valence-electron chi connectivity index (χ3n) is 6.11. The van der Waals surface area contributed by atoms with Crippen molar-refractivity contribution < 1.29 is 24.4 Å². The van der Waals surface area contributed by atoms with E-state index in [1.807, 2.05) is 30.3 Å². The number of ether oxygens (including phenoxy) is 1. The molecule has 2 heterocycles. The quantitative estimate of drug-likeness (QED) is 0.120. The molecule has 188 valence electrons. The van der Waals surface area contributed by atoms with Crippen molar-refractivity contribution in [2.45, 2.75) is 12.6 Å². The van der Waals surface area contributed by atoms with E-state index in [0.29, 0.717) is 23.7 Å². The Bertz CT molecular complexity index is 1540. The largest absolute Gasteiger partial charge is 0.507 e. The zero-order valence-electron chi connectivity index (χ0n) is 19.9. The zero-order chi connectivity index (χ0) is 26.6. The van der Waals surface area contributed by atoms with Crippen LogP contribution in [0, 0.1) is 10.1 Å². The first-order valence-electron chi connectivity index (χ1n) is 11.7. The minimum absolute atomic E-state index is 0.0443. The maximum Gasteiger partial charge on any atom is 0.300 e. The van der Waals surface area contributed by atoms with Crippen LogP contribution in [0.5, 0.6) is 5.75 Å². The smallest absolute Gasteiger partial charge is 0.300 e. The van der Waals surface area contributed by atoms with E-state index in [4.69, 9.17) is 4.74 Å². The number of ketones is 1. The van der Waals surface area contributed by atoms with Gasteiger partial charge in [-0.3, -0.25) is 29.6 Å². The highest BCUT2D eigenvalue weighted by atomic mass is 16.6. The predicted octanol–water partition coefficient (Wildman–Crippen LogP) is 5.20. The summed E-state index contributed by atoms with van der Waals surface area (Å²) in [6, 6.07) is 25.6. The molecule has 1 fully saturated rings. The number of Topliss-reactive ketones (excluding diaryl/α,β-unsaturated/α-hetero) is 1. The maximum atomic E-state index is 13.3. The Morgan fingerprint density at radius 1 is 0.947 bits per heavy atom. The van der Waals surface area contributed by atoms with Gasteiger partial charge < -0.3 is 9.84 Å². The molecule has 5 rings (SSSR count). The molecule has 1 saturated heterocycles. The van der Waals surface area contributed by atoms with Gasteiger partial charge in [-0.1, -0.05) is 48.5 Å². The fourth-order valence-electron chi connectivity index (χ4n) is 4.28. The Balaban J connectivity index is 1.53. The van der Waals surface area contributed by atoms with Crippen LogP contribution in [0.2, 0.25) is 0 Å². The zero-order valence-corrected chi connectivity index (χ0v) is 19.9. The molecular formula is C29H21N3O6. The molecule has 0 radical (unpaired) electrons. The number of non-ortho nitro benzene ring substituents is 1. The summed E-state index contributed by atoms with van der Waals surface area (Å²) in [7, 11) is 0. The van der Waals surface area contributed by atoms with Crippen LogP contribution in [0.25, 0.3) is 5.76 Å². The summed E-state index contributed by atoms with van der Waals surface area (Å²) >= 11 is 0. The number of rotatable bonds is 7. The molecule has 1 aliphatic heterocycles. The lowest BCUT2D eigenvalue weighted by Crippen LogP contribution is -2.29. The van der Waals surface area contributed by atoms with Crippen molar-refractivity contribution in [2.75, 3.05) is 4.90 Å².